The van der Waals surface area contributed by atoms with E-state index >= 15 is 0 Å². The molecule has 5 nitrogen and oxygen atoms in total. The molecule has 1 unspecified atom stereocenters. The zero-order chi connectivity index (χ0) is 12.4. The molecule has 0 radical (unpaired) electrons. The van der Waals surface area contributed by atoms with Crippen LogP contribution in [0.15, 0.2) is 42.3 Å². The summed E-state index contributed by atoms with van der Waals surface area (Å²) in [5.74, 6) is 5.67. The van der Waals surface area contributed by atoms with Gasteiger partial charge in [0.05, 0.1) is 23.3 Å². The topological polar surface area (TPSA) is 68.2 Å². The second kappa shape index (κ2) is 4.85. The maximum absolute atomic E-state index is 5.67. The van der Waals surface area contributed by atoms with Gasteiger partial charge in [-0.15, -0.1) is 11.3 Å². The molecular formula is C12H13N5S. The predicted molar refractivity (Wildman–Crippen MR) is 71.1 cm³/mol. The first-order chi connectivity index (χ1) is 8.88. The van der Waals surface area contributed by atoms with Gasteiger partial charge in [-0.2, -0.15) is 5.10 Å². The second-order valence-corrected chi connectivity index (χ2v) is 4.99. The molecule has 0 spiro atoms. The van der Waals surface area contributed by atoms with E-state index in [1.165, 1.54) is 4.88 Å². The molecule has 0 aliphatic rings. The second-order valence-electron chi connectivity index (χ2n) is 4.02. The van der Waals surface area contributed by atoms with E-state index in [0.29, 0.717) is 0 Å². The van der Waals surface area contributed by atoms with Gasteiger partial charge in [0.25, 0.3) is 0 Å². The number of nitrogens with two attached hydrogens (primary N) is 1. The van der Waals surface area contributed by atoms with Crippen LogP contribution in [0.5, 0.6) is 0 Å². The third-order valence-electron chi connectivity index (χ3n) is 2.92. The van der Waals surface area contributed by atoms with Crippen molar-refractivity contribution in [1.82, 2.24) is 20.0 Å². The van der Waals surface area contributed by atoms with Gasteiger partial charge in [0.2, 0.25) is 0 Å². The van der Waals surface area contributed by atoms with Crippen LogP contribution in [0.3, 0.4) is 0 Å². The number of hydrazine groups is 1. The Hall–Kier alpha value is -1.76. The maximum Gasteiger partial charge on any atom is 0.0794 e. The van der Waals surface area contributed by atoms with E-state index in [9.17, 15) is 0 Å². The lowest BCUT2D eigenvalue weighted by molar-refractivity contribution is 0.558. The van der Waals surface area contributed by atoms with Crippen LogP contribution in [0.1, 0.15) is 16.5 Å². The summed E-state index contributed by atoms with van der Waals surface area (Å²) in [6.45, 7) is 0. The first-order valence-electron chi connectivity index (χ1n) is 5.64. The zero-order valence-corrected chi connectivity index (χ0v) is 10.5. The number of hydrogen-bond donors (Lipinski definition) is 2. The largest absolute Gasteiger partial charge is 0.271 e. The Labute approximate surface area is 108 Å². The normalized spacial score (nSPS) is 12.9. The molecule has 0 bridgehead atoms. The zero-order valence-electron chi connectivity index (χ0n) is 9.65. The number of pyridine rings is 1. The van der Waals surface area contributed by atoms with Crippen LogP contribution in [-0.4, -0.2) is 14.6 Å². The van der Waals surface area contributed by atoms with Gasteiger partial charge < -0.3 is 0 Å². The van der Waals surface area contributed by atoms with Crippen LogP contribution in [-0.2, 0) is 6.42 Å². The standard InChI is InChI=1S/C12H13N5S/c13-16-11(5-9-6-14-8-18-9)10-7-15-17-4-2-1-3-12(10)17/h1-4,6-8,11,16H,5,13H2. The molecule has 3 heterocycles. The van der Waals surface area contributed by atoms with E-state index in [0.717, 1.165) is 17.5 Å². The highest BCUT2D eigenvalue weighted by molar-refractivity contribution is 7.09. The Bertz CT molecular complexity index is 631. The summed E-state index contributed by atoms with van der Waals surface area (Å²) in [5, 5.41) is 4.33. The van der Waals surface area contributed by atoms with E-state index in [1.807, 2.05) is 46.8 Å². The Morgan fingerprint density at radius 3 is 3.11 bits per heavy atom. The average molecular weight is 259 g/mol. The molecule has 6 heteroatoms. The Morgan fingerprint density at radius 2 is 2.33 bits per heavy atom. The number of nitrogens with one attached hydrogen (secondary N) is 1. The predicted octanol–water partition coefficient (Wildman–Crippen LogP) is 1.54. The van der Waals surface area contributed by atoms with Crippen molar-refractivity contribution in [3.8, 4) is 0 Å². The van der Waals surface area contributed by atoms with Crippen molar-refractivity contribution in [2.45, 2.75) is 12.5 Å². The lowest BCUT2D eigenvalue weighted by Crippen LogP contribution is -2.29. The highest BCUT2D eigenvalue weighted by atomic mass is 32.1. The van der Waals surface area contributed by atoms with Gasteiger partial charge in [-0.1, -0.05) is 6.07 Å². The van der Waals surface area contributed by atoms with Gasteiger partial charge in [-0.25, -0.2) is 4.52 Å². The monoisotopic (exact) mass is 259 g/mol. The van der Waals surface area contributed by atoms with Crippen LogP contribution in [0.2, 0.25) is 0 Å². The summed E-state index contributed by atoms with van der Waals surface area (Å²) in [4.78, 5) is 5.28. The van der Waals surface area contributed by atoms with Crippen molar-refractivity contribution in [2.24, 2.45) is 5.84 Å². The van der Waals surface area contributed by atoms with Crippen LogP contribution in [0.4, 0.5) is 0 Å². The van der Waals surface area contributed by atoms with Gasteiger partial charge in [-0.3, -0.25) is 16.3 Å². The van der Waals surface area contributed by atoms with Crippen molar-refractivity contribution in [2.75, 3.05) is 0 Å². The number of rotatable bonds is 4. The summed E-state index contributed by atoms with van der Waals surface area (Å²) in [7, 11) is 0. The molecule has 0 aliphatic carbocycles. The molecule has 3 rings (SSSR count). The molecule has 1 atom stereocenters. The fourth-order valence-corrected chi connectivity index (χ4v) is 2.67. The Morgan fingerprint density at radius 1 is 1.39 bits per heavy atom. The van der Waals surface area contributed by atoms with E-state index < -0.39 is 0 Å². The number of fused-ring (bicyclic) bond motifs is 1. The summed E-state index contributed by atoms with van der Waals surface area (Å²) in [5.41, 5.74) is 6.87. The minimum Gasteiger partial charge on any atom is -0.271 e. The van der Waals surface area contributed by atoms with Gasteiger partial charge in [0, 0.05) is 29.3 Å². The summed E-state index contributed by atoms with van der Waals surface area (Å²) in [6.07, 6.45) is 6.48. The summed E-state index contributed by atoms with van der Waals surface area (Å²) >= 11 is 1.64. The van der Waals surface area contributed by atoms with Gasteiger partial charge in [-0.05, 0) is 12.1 Å². The van der Waals surface area contributed by atoms with Crippen molar-refractivity contribution >= 4 is 16.9 Å². The van der Waals surface area contributed by atoms with Crippen LogP contribution >= 0.6 is 11.3 Å². The third-order valence-corrected chi connectivity index (χ3v) is 3.72. The highest BCUT2D eigenvalue weighted by Crippen LogP contribution is 2.23. The van der Waals surface area contributed by atoms with Crippen LogP contribution in [0, 0.1) is 0 Å². The number of aromatic nitrogens is 3. The average Bonchev–Trinajstić information content (AvgIpc) is 3.05. The molecule has 18 heavy (non-hydrogen) atoms. The van der Waals surface area contributed by atoms with Crippen molar-refractivity contribution in [1.29, 1.82) is 0 Å². The molecule has 0 saturated heterocycles. The number of thiazole rings is 1. The molecule has 0 saturated carbocycles. The third kappa shape index (κ3) is 2.01. The van der Waals surface area contributed by atoms with Gasteiger partial charge in [0.15, 0.2) is 0 Å². The first-order valence-corrected chi connectivity index (χ1v) is 6.52. The quantitative estimate of drug-likeness (QED) is 0.551. The highest BCUT2D eigenvalue weighted by Gasteiger charge is 2.16. The molecule has 0 amide bonds. The van der Waals surface area contributed by atoms with Gasteiger partial charge in [0.1, 0.15) is 0 Å². The van der Waals surface area contributed by atoms with E-state index in [4.69, 9.17) is 5.84 Å². The first kappa shape index (κ1) is 11.3. The number of nitrogens with zero attached hydrogens (tertiary/aromatic N) is 3. The minimum absolute atomic E-state index is 0.0466. The van der Waals surface area contributed by atoms with Crippen molar-refractivity contribution < 1.29 is 0 Å². The molecule has 3 N–H and O–H groups in total. The Kier molecular flexibility index (Phi) is 3.06. The van der Waals surface area contributed by atoms with Crippen molar-refractivity contribution in [3.63, 3.8) is 0 Å². The maximum atomic E-state index is 5.67. The fraction of sp³-hybridized carbons (Fsp3) is 0.167. The molecular weight excluding hydrogens is 246 g/mol. The number of hydrogen-bond acceptors (Lipinski definition) is 5. The van der Waals surface area contributed by atoms with Gasteiger partial charge >= 0.3 is 0 Å². The summed E-state index contributed by atoms with van der Waals surface area (Å²) in [6, 6.07) is 6.04. The van der Waals surface area contributed by atoms with E-state index in [2.05, 4.69) is 15.5 Å². The minimum atomic E-state index is 0.0466. The van der Waals surface area contributed by atoms with Crippen LogP contribution in [0.25, 0.3) is 5.52 Å². The molecule has 92 valence electrons. The van der Waals surface area contributed by atoms with E-state index in [1.54, 1.807) is 11.3 Å². The molecule has 3 aromatic rings. The lowest BCUT2D eigenvalue weighted by Gasteiger charge is -2.13. The molecule has 0 aliphatic heterocycles. The van der Waals surface area contributed by atoms with E-state index in [-0.39, 0.29) is 6.04 Å². The summed E-state index contributed by atoms with van der Waals surface area (Å²) < 4.78 is 1.85. The lowest BCUT2D eigenvalue weighted by atomic mass is 10.1. The fourth-order valence-electron chi connectivity index (χ4n) is 2.03. The smallest absolute Gasteiger partial charge is 0.0794 e. The Balaban J connectivity index is 1.96. The van der Waals surface area contributed by atoms with Crippen molar-refractivity contribution in [3.05, 3.63) is 52.7 Å². The molecule has 0 fully saturated rings. The molecule has 3 aromatic heterocycles. The SMILES string of the molecule is NNC(Cc1cncs1)c1cnn2ccccc12. The molecule has 0 aromatic carbocycles. The van der Waals surface area contributed by atoms with Crippen LogP contribution < -0.4 is 11.3 Å².